The SMILES string of the molecule is CCC/C=C/CCC(=O)NS(=O)(=O)c1ccccc1[N+](=O)[O-]. The standard InChI is InChI=1S/C14H18N2O5S/c1-2-3-4-5-6-11-14(17)15-22(20,21)13-10-8-7-9-12(13)16(18)19/h4-5,7-10H,2-3,6,11H2,1H3,(H,15,17)/b5-4+. The van der Waals surface area contributed by atoms with Gasteiger partial charge in [-0.25, -0.2) is 13.1 Å². The summed E-state index contributed by atoms with van der Waals surface area (Å²) >= 11 is 0. The van der Waals surface area contributed by atoms with E-state index in [-0.39, 0.29) is 6.42 Å². The van der Waals surface area contributed by atoms with Gasteiger partial charge < -0.3 is 0 Å². The van der Waals surface area contributed by atoms with Gasteiger partial charge in [0.1, 0.15) is 0 Å². The Hall–Kier alpha value is -2.22. The zero-order valence-electron chi connectivity index (χ0n) is 12.2. The van der Waals surface area contributed by atoms with Gasteiger partial charge in [-0.3, -0.25) is 14.9 Å². The number of carbonyl (C=O) groups is 1. The Bertz CT molecular complexity index is 668. The lowest BCUT2D eigenvalue weighted by Gasteiger charge is -2.06. The van der Waals surface area contributed by atoms with Gasteiger partial charge in [-0.2, -0.15) is 0 Å². The van der Waals surface area contributed by atoms with Gasteiger partial charge in [0.05, 0.1) is 4.92 Å². The van der Waals surface area contributed by atoms with E-state index in [2.05, 4.69) is 0 Å². The average Bonchev–Trinajstić information content (AvgIpc) is 2.46. The van der Waals surface area contributed by atoms with Crippen molar-refractivity contribution in [2.24, 2.45) is 0 Å². The number of amides is 1. The summed E-state index contributed by atoms with van der Waals surface area (Å²) in [5, 5.41) is 10.8. The molecule has 1 aromatic carbocycles. The number of nitrogens with zero attached hydrogens (tertiary/aromatic N) is 1. The average molecular weight is 326 g/mol. The second-order valence-electron chi connectivity index (χ2n) is 4.55. The van der Waals surface area contributed by atoms with E-state index in [0.29, 0.717) is 6.42 Å². The van der Waals surface area contributed by atoms with Crippen LogP contribution in [-0.2, 0) is 14.8 Å². The van der Waals surface area contributed by atoms with E-state index >= 15 is 0 Å². The Kier molecular flexibility index (Phi) is 6.71. The molecule has 0 unspecified atom stereocenters. The Morgan fingerprint density at radius 2 is 1.91 bits per heavy atom. The summed E-state index contributed by atoms with van der Waals surface area (Å²) < 4.78 is 26.0. The van der Waals surface area contributed by atoms with Crippen molar-refractivity contribution in [3.63, 3.8) is 0 Å². The molecular weight excluding hydrogens is 308 g/mol. The maximum Gasteiger partial charge on any atom is 0.289 e. The number of rotatable bonds is 8. The first-order chi connectivity index (χ1) is 10.4. The summed E-state index contributed by atoms with van der Waals surface area (Å²) in [5.74, 6) is -0.695. The Morgan fingerprint density at radius 1 is 1.27 bits per heavy atom. The van der Waals surface area contributed by atoms with Gasteiger partial charge in [0.25, 0.3) is 15.7 Å². The van der Waals surface area contributed by atoms with Crippen LogP contribution in [0.4, 0.5) is 5.69 Å². The van der Waals surface area contributed by atoms with Crippen LogP contribution in [0.25, 0.3) is 0 Å². The second-order valence-corrected chi connectivity index (χ2v) is 6.20. The minimum absolute atomic E-state index is 0.0000749. The highest BCUT2D eigenvalue weighted by Gasteiger charge is 2.26. The smallest absolute Gasteiger partial charge is 0.274 e. The van der Waals surface area contributed by atoms with Crippen LogP contribution in [0.3, 0.4) is 0 Å². The predicted octanol–water partition coefficient (Wildman–Crippen LogP) is 2.54. The maximum atomic E-state index is 12.0. The summed E-state index contributed by atoms with van der Waals surface area (Å²) in [6, 6.07) is 4.89. The van der Waals surface area contributed by atoms with Gasteiger partial charge in [-0.15, -0.1) is 0 Å². The van der Waals surface area contributed by atoms with Gasteiger partial charge >= 0.3 is 0 Å². The first-order valence-electron chi connectivity index (χ1n) is 6.82. The first-order valence-corrected chi connectivity index (χ1v) is 8.31. The molecule has 8 heteroatoms. The van der Waals surface area contributed by atoms with Crippen LogP contribution in [-0.4, -0.2) is 19.2 Å². The molecule has 0 spiro atoms. The lowest BCUT2D eigenvalue weighted by atomic mass is 10.2. The number of nitro benzene ring substituents is 1. The predicted molar refractivity (Wildman–Crippen MR) is 81.7 cm³/mol. The molecule has 0 bridgehead atoms. The Morgan fingerprint density at radius 3 is 2.55 bits per heavy atom. The van der Waals surface area contributed by atoms with Crippen molar-refractivity contribution in [3.8, 4) is 0 Å². The summed E-state index contributed by atoms with van der Waals surface area (Å²) in [5.41, 5.74) is -0.564. The number of carbonyl (C=O) groups excluding carboxylic acids is 1. The van der Waals surface area contributed by atoms with Crippen LogP contribution < -0.4 is 4.72 Å². The highest BCUT2D eigenvalue weighted by molar-refractivity contribution is 7.90. The molecule has 0 radical (unpaired) electrons. The molecule has 1 amide bonds. The maximum absolute atomic E-state index is 12.0. The number of hydrogen-bond donors (Lipinski definition) is 1. The van der Waals surface area contributed by atoms with Crippen LogP contribution in [0.15, 0.2) is 41.3 Å². The first kappa shape index (κ1) is 17.8. The molecule has 1 rings (SSSR count). The van der Waals surface area contributed by atoms with Crippen LogP contribution in [0.5, 0.6) is 0 Å². The van der Waals surface area contributed by atoms with Crippen molar-refractivity contribution in [2.45, 2.75) is 37.5 Å². The number of hydrogen-bond acceptors (Lipinski definition) is 5. The second kappa shape index (κ2) is 8.28. The number of allylic oxidation sites excluding steroid dienone is 2. The molecule has 1 N–H and O–H groups in total. The fourth-order valence-electron chi connectivity index (χ4n) is 1.71. The zero-order chi connectivity index (χ0) is 16.6. The summed E-state index contributed by atoms with van der Waals surface area (Å²) in [6.45, 7) is 2.02. The molecular formula is C14H18N2O5S. The third kappa shape index (κ3) is 5.28. The third-order valence-corrected chi connectivity index (χ3v) is 4.18. The molecule has 0 fully saturated rings. The normalized spacial score (nSPS) is 11.5. The lowest BCUT2D eigenvalue weighted by Crippen LogP contribution is -2.30. The molecule has 0 atom stereocenters. The van der Waals surface area contributed by atoms with Crippen LogP contribution in [0, 0.1) is 10.1 Å². The summed E-state index contributed by atoms with van der Waals surface area (Å²) in [6.07, 6.45) is 6.04. The van der Waals surface area contributed by atoms with E-state index in [9.17, 15) is 23.3 Å². The molecule has 0 saturated carbocycles. The van der Waals surface area contributed by atoms with E-state index in [1.165, 1.54) is 12.1 Å². The lowest BCUT2D eigenvalue weighted by molar-refractivity contribution is -0.387. The minimum atomic E-state index is -4.25. The van der Waals surface area contributed by atoms with E-state index < -0.39 is 31.4 Å². The highest BCUT2D eigenvalue weighted by atomic mass is 32.2. The van der Waals surface area contributed by atoms with Crippen molar-refractivity contribution >= 4 is 21.6 Å². The van der Waals surface area contributed by atoms with E-state index in [1.807, 2.05) is 17.7 Å². The van der Waals surface area contributed by atoms with Crippen molar-refractivity contribution in [1.29, 1.82) is 0 Å². The van der Waals surface area contributed by atoms with Crippen molar-refractivity contribution in [3.05, 3.63) is 46.5 Å². The molecule has 0 aliphatic heterocycles. The number of nitro groups is 1. The number of benzene rings is 1. The highest BCUT2D eigenvalue weighted by Crippen LogP contribution is 2.22. The van der Waals surface area contributed by atoms with Gasteiger partial charge in [0, 0.05) is 12.5 Å². The number of unbranched alkanes of at least 4 members (excludes halogenated alkanes) is 1. The molecule has 1 aromatic rings. The number of sulfonamides is 1. The molecule has 0 aliphatic rings. The fourth-order valence-corrected chi connectivity index (χ4v) is 2.90. The number of para-hydroxylation sites is 1. The molecule has 0 aromatic heterocycles. The molecule has 120 valence electrons. The van der Waals surface area contributed by atoms with Crippen molar-refractivity contribution < 1.29 is 18.1 Å². The quantitative estimate of drug-likeness (QED) is 0.449. The topological polar surface area (TPSA) is 106 Å². The fraction of sp³-hybridized carbons (Fsp3) is 0.357. The Labute approximate surface area is 129 Å². The largest absolute Gasteiger partial charge is 0.289 e. The van der Waals surface area contributed by atoms with Gasteiger partial charge in [-0.1, -0.05) is 37.6 Å². The van der Waals surface area contributed by atoms with Gasteiger partial charge in [0.15, 0.2) is 4.90 Å². The Balaban J connectivity index is 2.76. The number of nitrogens with one attached hydrogen (secondary N) is 1. The summed E-state index contributed by atoms with van der Waals surface area (Å²) in [4.78, 5) is 21.2. The van der Waals surface area contributed by atoms with Crippen molar-refractivity contribution in [2.75, 3.05) is 0 Å². The van der Waals surface area contributed by atoms with E-state index in [4.69, 9.17) is 0 Å². The molecule has 22 heavy (non-hydrogen) atoms. The molecule has 0 heterocycles. The van der Waals surface area contributed by atoms with Crippen LogP contribution >= 0.6 is 0 Å². The van der Waals surface area contributed by atoms with E-state index in [1.54, 1.807) is 6.08 Å². The van der Waals surface area contributed by atoms with Crippen LogP contribution in [0.1, 0.15) is 32.6 Å². The molecule has 0 aliphatic carbocycles. The molecule has 0 saturated heterocycles. The monoisotopic (exact) mass is 326 g/mol. The zero-order valence-corrected chi connectivity index (χ0v) is 13.0. The van der Waals surface area contributed by atoms with Crippen LogP contribution in [0.2, 0.25) is 0 Å². The molecule has 7 nitrogen and oxygen atoms in total. The van der Waals surface area contributed by atoms with E-state index in [0.717, 1.165) is 25.0 Å². The summed E-state index contributed by atoms with van der Waals surface area (Å²) in [7, 11) is -4.25. The third-order valence-electron chi connectivity index (χ3n) is 2.76. The van der Waals surface area contributed by atoms with Gasteiger partial charge in [-0.05, 0) is 18.9 Å². The van der Waals surface area contributed by atoms with Crippen molar-refractivity contribution in [1.82, 2.24) is 4.72 Å². The minimum Gasteiger partial charge on any atom is -0.274 e. The van der Waals surface area contributed by atoms with Gasteiger partial charge in [0.2, 0.25) is 5.91 Å².